The molecule has 0 saturated heterocycles. The summed E-state index contributed by atoms with van der Waals surface area (Å²) in [4.78, 5) is 0.147. The molecule has 0 bridgehead atoms. The number of benzene rings is 1. The molecule has 1 aromatic rings. The third-order valence-corrected chi connectivity index (χ3v) is 4.91. The van der Waals surface area contributed by atoms with E-state index in [1.807, 2.05) is 20.8 Å². The van der Waals surface area contributed by atoms with Crippen LogP contribution in [0, 0.1) is 0 Å². The number of hydrogen-bond acceptors (Lipinski definition) is 3. The molecule has 1 N–H and O–H groups in total. The molecule has 0 fully saturated rings. The summed E-state index contributed by atoms with van der Waals surface area (Å²) < 4.78 is 33.4. The summed E-state index contributed by atoms with van der Waals surface area (Å²) in [6, 6.07) is 4.92. The van der Waals surface area contributed by atoms with Crippen molar-refractivity contribution in [2.75, 3.05) is 7.11 Å². The lowest BCUT2D eigenvalue weighted by Gasteiger charge is -2.25. The van der Waals surface area contributed by atoms with Crippen LogP contribution in [0.1, 0.15) is 33.6 Å². The van der Waals surface area contributed by atoms with E-state index in [1.165, 1.54) is 7.11 Å². The van der Waals surface area contributed by atoms with Crippen molar-refractivity contribution in [2.24, 2.45) is 0 Å². The third-order valence-electron chi connectivity index (χ3n) is 2.70. The van der Waals surface area contributed by atoms with Gasteiger partial charge in [-0.05, 0) is 38.5 Å². The maximum atomic E-state index is 12.4. The van der Waals surface area contributed by atoms with E-state index < -0.39 is 15.6 Å². The van der Waals surface area contributed by atoms with Crippen LogP contribution in [0.5, 0.6) is 5.75 Å². The van der Waals surface area contributed by atoms with E-state index in [1.54, 1.807) is 18.2 Å². The van der Waals surface area contributed by atoms with Gasteiger partial charge in [0.2, 0.25) is 10.0 Å². The van der Waals surface area contributed by atoms with E-state index in [2.05, 4.69) is 20.7 Å². The Morgan fingerprint density at radius 2 is 2.00 bits per heavy atom. The van der Waals surface area contributed by atoms with Crippen LogP contribution in [0.15, 0.2) is 27.6 Å². The van der Waals surface area contributed by atoms with Gasteiger partial charge in [-0.1, -0.05) is 29.3 Å². The molecule has 0 aliphatic heterocycles. The highest BCUT2D eigenvalue weighted by molar-refractivity contribution is 9.10. The van der Waals surface area contributed by atoms with E-state index in [4.69, 9.17) is 4.74 Å². The molecular weight excluding hydrogens is 330 g/mol. The van der Waals surface area contributed by atoms with Crippen molar-refractivity contribution in [3.05, 3.63) is 22.7 Å². The minimum Gasteiger partial charge on any atom is -0.495 e. The van der Waals surface area contributed by atoms with E-state index in [-0.39, 0.29) is 4.90 Å². The summed E-state index contributed by atoms with van der Waals surface area (Å²) >= 11 is 3.28. The topological polar surface area (TPSA) is 55.4 Å². The predicted molar refractivity (Wildman–Crippen MR) is 80.0 cm³/mol. The Bertz CT molecular complexity index is 541. The molecule has 0 aliphatic rings. The van der Waals surface area contributed by atoms with Gasteiger partial charge in [-0.2, -0.15) is 0 Å². The normalized spacial score (nSPS) is 12.5. The molecule has 1 rings (SSSR count). The maximum Gasteiger partial charge on any atom is 0.244 e. The summed E-state index contributed by atoms with van der Waals surface area (Å²) in [7, 11) is -2.15. The molecule has 0 aliphatic carbocycles. The Morgan fingerprint density at radius 3 is 2.53 bits per heavy atom. The molecule has 0 amide bonds. The van der Waals surface area contributed by atoms with Crippen LogP contribution in [-0.4, -0.2) is 21.1 Å². The van der Waals surface area contributed by atoms with Gasteiger partial charge in [0.1, 0.15) is 10.6 Å². The number of ether oxygens (including phenoxy) is 1. The molecule has 1 aromatic carbocycles. The van der Waals surface area contributed by atoms with Crippen LogP contribution < -0.4 is 9.46 Å². The molecule has 19 heavy (non-hydrogen) atoms. The maximum absolute atomic E-state index is 12.4. The SMILES string of the molecule is CCCC(C)(C)NS(=O)(=O)c1cc(Br)ccc1OC. The second-order valence-electron chi connectivity index (χ2n) is 5.03. The van der Waals surface area contributed by atoms with Crippen molar-refractivity contribution < 1.29 is 13.2 Å². The molecule has 0 aromatic heterocycles. The van der Waals surface area contributed by atoms with Gasteiger partial charge < -0.3 is 4.74 Å². The summed E-state index contributed by atoms with van der Waals surface area (Å²) in [6.45, 7) is 5.77. The number of methoxy groups -OCH3 is 1. The van der Waals surface area contributed by atoms with Crippen molar-refractivity contribution in [1.82, 2.24) is 4.72 Å². The van der Waals surface area contributed by atoms with Gasteiger partial charge in [0, 0.05) is 10.0 Å². The lowest BCUT2D eigenvalue weighted by molar-refractivity contribution is 0.396. The number of hydrogen-bond donors (Lipinski definition) is 1. The van der Waals surface area contributed by atoms with Gasteiger partial charge >= 0.3 is 0 Å². The zero-order valence-electron chi connectivity index (χ0n) is 11.7. The molecule has 0 unspecified atom stereocenters. The van der Waals surface area contributed by atoms with E-state index in [0.29, 0.717) is 10.2 Å². The van der Waals surface area contributed by atoms with Crippen molar-refractivity contribution in [3.8, 4) is 5.75 Å². The quantitative estimate of drug-likeness (QED) is 0.856. The molecule has 0 radical (unpaired) electrons. The number of sulfonamides is 1. The molecule has 0 spiro atoms. The van der Waals surface area contributed by atoms with Crippen molar-refractivity contribution >= 4 is 26.0 Å². The van der Waals surface area contributed by atoms with Gasteiger partial charge in [-0.25, -0.2) is 13.1 Å². The minimum atomic E-state index is -3.61. The summed E-state index contributed by atoms with van der Waals surface area (Å²) in [5.74, 6) is 0.336. The zero-order valence-corrected chi connectivity index (χ0v) is 14.1. The Kier molecular flexibility index (Phi) is 5.41. The first-order chi connectivity index (χ1) is 8.72. The Labute approximate surface area is 123 Å². The van der Waals surface area contributed by atoms with Crippen molar-refractivity contribution in [1.29, 1.82) is 0 Å². The van der Waals surface area contributed by atoms with Crippen LogP contribution in [0.25, 0.3) is 0 Å². The summed E-state index contributed by atoms with van der Waals surface area (Å²) in [6.07, 6.45) is 1.67. The van der Waals surface area contributed by atoms with Crippen LogP contribution in [0.3, 0.4) is 0 Å². The lowest BCUT2D eigenvalue weighted by Crippen LogP contribution is -2.43. The zero-order chi connectivity index (χ0) is 14.7. The third kappa shape index (κ3) is 4.47. The average molecular weight is 350 g/mol. The molecule has 0 saturated carbocycles. The van der Waals surface area contributed by atoms with Gasteiger partial charge in [0.15, 0.2) is 0 Å². The van der Waals surface area contributed by atoms with Gasteiger partial charge in [-0.15, -0.1) is 0 Å². The molecular formula is C13H20BrNO3S. The molecule has 0 atom stereocenters. The second-order valence-corrected chi connectivity index (χ2v) is 7.60. The van der Waals surface area contributed by atoms with E-state index in [9.17, 15) is 8.42 Å². The van der Waals surface area contributed by atoms with Crippen LogP contribution >= 0.6 is 15.9 Å². The van der Waals surface area contributed by atoms with Crippen LogP contribution in [0.4, 0.5) is 0 Å². The Balaban J connectivity index is 3.17. The summed E-state index contributed by atoms with van der Waals surface area (Å²) in [5.41, 5.74) is -0.485. The lowest BCUT2D eigenvalue weighted by atomic mass is 10.0. The van der Waals surface area contributed by atoms with Crippen LogP contribution in [-0.2, 0) is 10.0 Å². The fraction of sp³-hybridized carbons (Fsp3) is 0.538. The Morgan fingerprint density at radius 1 is 1.37 bits per heavy atom. The fourth-order valence-electron chi connectivity index (χ4n) is 1.96. The second kappa shape index (κ2) is 6.24. The standard InChI is InChI=1S/C13H20BrNO3S/c1-5-8-13(2,3)15-19(16,17)12-9-10(14)6-7-11(12)18-4/h6-7,9,15H,5,8H2,1-4H3. The molecule has 6 heteroatoms. The van der Waals surface area contributed by atoms with Crippen molar-refractivity contribution in [2.45, 2.75) is 44.0 Å². The first-order valence-electron chi connectivity index (χ1n) is 6.09. The van der Waals surface area contributed by atoms with Crippen LogP contribution in [0.2, 0.25) is 0 Å². The first-order valence-corrected chi connectivity index (χ1v) is 8.37. The highest BCUT2D eigenvalue weighted by Crippen LogP contribution is 2.28. The number of nitrogens with one attached hydrogen (secondary N) is 1. The monoisotopic (exact) mass is 349 g/mol. The Hall–Kier alpha value is -0.590. The molecule has 108 valence electrons. The first kappa shape index (κ1) is 16.5. The average Bonchev–Trinajstić information content (AvgIpc) is 2.27. The van der Waals surface area contributed by atoms with Gasteiger partial charge in [0.05, 0.1) is 7.11 Å². The minimum absolute atomic E-state index is 0.147. The highest BCUT2D eigenvalue weighted by Gasteiger charge is 2.27. The highest BCUT2D eigenvalue weighted by atomic mass is 79.9. The van der Waals surface area contributed by atoms with Gasteiger partial charge in [0.25, 0.3) is 0 Å². The summed E-state index contributed by atoms with van der Waals surface area (Å²) in [5, 5.41) is 0. The number of rotatable bonds is 6. The smallest absolute Gasteiger partial charge is 0.244 e. The molecule has 0 heterocycles. The predicted octanol–water partition coefficient (Wildman–Crippen LogP) is 3.31. The number of halogens is 1. The van der Waals surface area contributed by atoms with Crippen molar-refractivity contribution in [3.63, 3.8) is 0 Å². The largest absolute Gasteiger partial charge is 0.495 e. The van der Waals surface area contributed by atoms with E-state index in [0.717, 1.165) is 12.8 Å². The van der Waals surface area contributed by atoms with Gasteiger partial charge in [-0.3, -0.25) is 0 Å². The fourth-order valence-corrected chi connectivity index (χ4v) is 4.11. The van der Waals surface area contributed by atoms with E-state index >= 15 is 0 Å². The molecule has 4 nitrogen and oxygen atoms in total.